The second kappa shape index (κ2) is 8.24. The Balaban J connectivity index is 0.00000225. The van der Waals surface area contributed by atoms with E-state index in [0.717, 1.165) is 0 Å². The van der Waals surface area contributed by atoms with Gasteiger partial charge in [-0.05, 0) is 41.5 Å². The van der Waals surface area contributed by atoms with Gasteiger partial charge in [0, 0.05) is 25.4 Å². The van der Waals surface area contributed by atoms with Gasteiger partial charge in [0.2, 0.25) is 5.91 Å². The van der Waals surface area contributed by atoms with Crippen LogP contribution in [-0.4, -0.2) is 53.0 Å². The Morgan fingerprint density at radius 1 is 1.44 bits per heavy atom. The Morgan fingerprint density at radius 3 is 2.80 bits per heavy atom. The smallest absolute Gasteiger partial charge is 0.232 e. The van der Waals surface area contributed by atoms with Crippen molar-refractivity contribution in [2.24, 2.45) is 11.1 Å². The van der Waals surface area contributed by atoms with Gasteiger partial charge in [-0.25, -0.2) is 0 Å². The summed E-state index contributed by atoms with van der Waals surface area (Å²) in [4.78, 5) is 12.7. The lowest BCUT2D eigenvalue weighted by molar-refractivity contribution is -0.130. The van der Waals surface area contributed by atoms with E-state index < -0.39 is 5.41 Å². The molecule has 1 aromatic carbocycles. The van der Waals surface area contributed by atoms with Gasteiger partial charge in [-0.3, -0.25) is 4.79 Å². The first-order valence-corrected chi connectivity index (χ1v) is 7.69. The number of tetrazole rings is 1. The van der Waals surface area contributed by atoms with Gasteiger partial charge in [-0.1, -0.05) is 0 Å². The molecule has 3 N–H and O–H groups in total. The molecule has 2 aromatic rings. The van der Waals surface area contributed by atoms with Gasteiger partial charge < -0.3 is 20.5 Å². The van der Waals surface area contributed by atoms with Crippen LogP contribution in [0.4, 0.5) is 5.69 Å². The van der Waals surface area contributed by atoms with Gasteiger partial charge in [0.15, 0.2) is 0 Å². The number of ether oxygens (including phenoxy) is 2. The van der Waals surface area contributed by atoms with Crippen LogP contribution < -0.4 is 15.8 Å². The summed E-state index contributed by atoms with van der Waals surface area (Å²) in [6, 6.07) is 5.29. The van der Waals surface area contributed by atoms with Gasteiger partial charge in [0.05, 0.1) is 12.5 Å². The number of benzene rings is 1. The molecular weight excluding hydrogens is 348 g/mol. The maximum Gasteiger partial charge on any atom is 0.232 e. The monoisotopic (exact) mass is 368 g/mol. The minimum absolute atomic E-state index is 0. The zero-order chi connectivity index (χ0) is 17.0. The van der Waals surface area contributed by atoms with E-state index in [1.54, 1.807) is 25.3 Å². The van der Waals surface area contributed by atoms with E-state index in [0.29, 0.717) is 43.2 Å². The van der Waals surface area contributed by atoms with Crippen LogP contribution in [0, 0.1) is 5.41 Å². The van der Waals surface area contributed by atoms with E-state index in [4.69, 9.17) is 15.2 Å². The van der Waals surface area contributed by atoms with Crippen LogP contribution in [0.2, 0.25) is 0 Å². The number of methoxy groups -OCH3 is 1. The summed E-state index contributed by atoms with van der Waals surface area (Å²) in [5.41, 5.74) is 6.55. The molecule has 0 spiro atoms. The first-order valence-electron chi connectivity index (χ1n) is 7.69. The molecule has 0 atom stereocenters. The zero-order valence-corrected chi connectivity index (χ0v) is 14.7. The number of carbonyl (C=O) groups excluding carboxylic acids is 1. The zero-order valence-electron chi connectivity index (χ0n) is 13.8. The molecule has 1 saturated heterocycles. The summed E-state index contributed by atoms with van der Waals surface area (Å²) >= 11 is 0. The summed E-state index contributed by atoms with van der Waals surface area (Å²) in [5, 5.41) is 14.0. The molecule has 1 aliphatic heterocycles. The predicted molar refractivity (Wildman–Crippen MR) is 93.1 cm³/mol. The number of nitrogens with one attached hydrogen (secondary N) is 1. The largest absolute Gasteiger partial charge is 0.494 e. The fourth-order valence-corrected chi connectivity index (χ4v) is 2.77. The number of anilines is 1. The van der Waals surface area contributed by atoms with Gasteiger partial charge in [0.25, 0.3) is 0 Å². The van der Waals surface area contributed by atoms with Crippen molar-refractivity contribution in [2.45, 2.75) is 12.8 Å². The molecule has 0 bridgehead atoms. The van der Waals surface area contributed by atoms with Crippen LogP contribution in [0.3, 0.4) is 0 Å². The third-order valence-corrected chi connectivity index (χ3v) is 4.35. The quantitative estimate of drug-likeness (QED) is 0.800. The van der Waals surface area contributed by atoms with Gasteiger partial charge >= 0.3 is 0 Å². The second-order valence-electron chi connectivity index (χ2n) is 5.69. The van der Waals surface area contributed by atoms with E-state index >= 15 is 0 Å². The van der Waals surface area contributed by atoms with Crippen molar-refractivity contribution < 1.29 is 14.3 Å². The first-order chi connectivity index (χ1) is 11.7. The van der Waals surface area contributed by atoms with E-state index in [9.17, 15) is 4.79 Å². The number of nitrogens with zero attached hydrogens (tertiary/aromatic N) is 4. The molecule has 0 radical (unpaired) electrons. The Kier molecular flexibility index (Phi) is 6.29. The summed E-state index contributed by atoms with van der Waals surface area (Å²) in [6.45, 7) is 1.38. The molecule has 0 aliphatic carbocycles. The maximum atomic E-state index is 12.7. The lowest BCUT2D eigenvalue weighted by Gasteiger charge is -2.34. The molecule has 9 nitrogen and oxygen atoms in total. The minimum atomic E-state index is -0.590. The molecule has 25 heavy (non-hydrogen) atoms. The number of halogens is 1. The van der Waals surface area contributed by atoms with Crippen molar-refractivity contribution in [2.75, 3.05) is 32.2 Å². The van der Waals surface area contributed by atoms with E-state index in [-0.39, 0.29) is 24.9 Å². The second-order valence-corrected chi connectivity index (χ2v) is 5.69. The molecule has 136 valence electrons. The van der Waals surface area contributed by atoms with Crippen LogP contribution >= 0.6 is 12.4 Å². The van der Waals surface area contributed by atoms with Crippen molar-refractivity contribution in [3.63, 3.8) is 0 Å². The number of nitrogens with two attached hydrogens (primary N) is 1. The molecule has 0 saturated carbocycles. The third-order valence-electron chi connectivity index (χ3n) is 4.35. The van der Waals surface area contributed by atoms with Gasteiger partial charge in [-0.2, -0.15) is 4.68 Å². The topological polar surface area (TPSA) is 117 Å². The molecular formula is C15H21ClN6O3. The fraction of sp³-hybridized carbons (Fsp3) is 0.467. The highest BCUT2D eigenvalue weighted by Gasteiger charge is 2.38. The molecule has 3 rings (SSSR count). The highest BCUT2D eigenvalue weighted by atomic mass is 35.5. The number of aromatic nitrogens is 4. The highest BCUT2D eigenvalue weighted by Crippen LogP contribution is 2.32. The SMILES string of the molecule is COc1ccc(NC(=O)C2(CN)CCOCC2)cc1-n1cnnn1.Cl. The normalized spacial score (nSPS) is 15.9. The fourth-order valence-electron chi connectivity index (χ4n) is 2.77. The average molecular weight is 369 g/mol. The van der Waals surface area contributed by atoms with E-state index in [2.05, 4.69) is 20.8 Å². The standard InChI is InChI=1S/C15H20N6O3.ClH/c1-23-13-3-2-11(8-12(13)21-10-17-19-20-21)18-14(22)15(9-16)4-6-24-7-5-15;/h2-3,8,10H,4-7,9,16H2,1H3,(H,18,22);1H. The first kappa shape index (κ1) is 19.1. The van der Waals surface area contributed by atoms with E-state index in [1.165, 1.54) is 11.0 Å². The summed E-state index contributed by atoms with van der Waals surface area (Å²) in [5.74, 6) is 0.501. The highest BCUT2D eigenvalue weighted by molar-refractivity contribution is 5.96. The predicted octanol–water partition coefficient (Wildman–Crippen LogP) is 0.787. The minimum Gasteiger partial charge on any atom is -0.494 e. The number of hydrogen-bond acceptors (Lipinski definition) is 7. The van der Waals surface area contributed by atoms with Crippen LogP contribution in [0.25, 0.3) is 5.69 Å². The Morgan fingerprint density at radius 2 is 2.20 bits per heavy atom. The number of hydrogen-bond donors (Lipinski definition) is 2. The third kappa shape index (κ3) is 3.89. The van der Waals surface area contributed by atoms with Crippen LogP contribution in [0.15, 0.2) is 24.5 Å². The lowest BCUT2D eigenvalue weighted by atomic mass is 9.79. The van der Waals surface area contributed by atoms with Crippen LogP contribution in [0.1, 0.15) is 12.8 Å². The Labute approximate surface area is 151 Å². The summed E-state index contributed by atoms with van der Waals surface area (Å²) in [6.07, 6.45) is 2.69. The number of carbonyl (C=O) groups is 1. The van der Waals surface area contributed by atoms with E-state index in [1.807, 2.05) is 0 Å². The van der Waals surface area contributed by atoms with Crippen molar-refractivity contribution in [1.82, 2.24) is 20.2 Å². The van der Waals surface area contributed by atoms with Gasteiger partial charge in [-0.15, -0.1) is 17.5 Å². The lowest BCUT2D eigenvalue weighted by Crippen LogP contribution is -2.46. The van der Waals surface area contributed by atoms with Crippen molar-refractivity contribution >= 4 is 24.0 Å². The number of rotatable bonds is 5. The Bertz CT molecular complexity index is 703. The molecule has 1 aromatic heterocycles. The molecule has 0 unspecified atom stereocenters. The molecule has 10 heteroatoms. The molecule has 1 amide bonds. The van der Waals surface area contributed by atoms with Crippen molar-refractivity contribution in [3.05, 3.63) is 24.5 Å². The molecule has 1 aliphatic rings. The maximum absolute atomic E-state index is 12.7. The average Bonchev–Trinajstić information content (AvgIpc) is 3.16. The summed E-state index contributed by atoms with van der Waals surface area (Å²) in [7, 11) is 1.56. The summed E-state index contributed by atoms with van der Waals surface area (Å²) < 4.78 is 12.1. The van der Waals surface area contributed by atoms with Crippen LogP contribution in [-0.2, 0) is 9.53 Å². The van der Waals surface area contributed by atoms with Crippen molar-refractivity contribution in [1.29, 1.82) is 0 Å². The van der Waals surface area contributed by atoms with Crippen LogP contribution in [0.5, 0.6) is 5.75 Å². The Hall–Kier alpha value is -2.23. The van der Waals surface area contributed by atoms with Crippen molar-refractivity contribution in [3.8, 4) is 11.4 Å². The molecule has 2 heterocycles. The van der Waals surface area contributed by atoms with Gasteiger partial charge in [0.1, 0.15) is 17.8 Å². The molecule has 1 fully saturated rings. The number of amides is 1.